The topological polar surface area (TPSA) is 29.5 Å². The Kier molecular flexibility index (Phi) is 2.99. The normalized spacial score (nSPS) is 42.2. The van der Waals surface area contributed by atoms with Crippen molar-refractivity contribution in [2.45, 2.75) is 64.9 Å². The second-order valence-corrected chi connectivity index (χ2v) is 8.54. The molecule has 0 radical (unpaired) electrons. The Bertz CT molecular complexity index is 678. The van der Waals surface area contributed by atoms with Crippen LogP contribution in [0.4, 0.5) is 0 Å². The predicted molar refractivity (Wildman–Crippen MR) is 92.8 cm³/mol. The third-order valence-corrected chi connectivity index (χ3v) is 7.65. The van der Waals surface area contributed by atoms with Gasteiger partial charge in [0.25, 0.3) is 0 Å². The first-order valence-corrected chi connectivity index (χ1v) is 9.02. The minimum Gasteiger partial charge on any atom is -0.508 e. The minimum atomic E-state index is -0.156. The van der Waals surface area contributed by atoms with Gasteiger partial charge in [0.15, 0.2) is 0 Å². The van der Waals surface area contributed by atoms with Crippen LogP contribution >= 0.6 is 0 Å². The number of hydrogen-bond donors (Lipinski definition) is 1. The van der Waals surface area contributed by atoms with Gasteiger partial charge >= 0.3 is 0 Å². The third-order valence-electron chi connectivity index (χ3n) is 7.65. The lowest BCUT2D eigenvalue weighted by Crippen LogP contribution is -2.69. The number of aromatic hydroxyl groups is 1. The van der Waals surface area contributed by atoms with Gasteiger partial charge in [-0.1, -0.05) is 32.9 Å². The molecule has 1 aromatic carbocycles. The van der Waals surface area contributed by atoms with E-state index in [9.17, 15) is 5.11 Å². The molecule has 1 spiro atoms. The van der Waals surface area contributed by atoms with Crippen molar-refractivity contribution in [2.75, 3.05) is 0 Å². The molecule has 2 aliphatic carbocycles. The lowest BCUT2D eigenvalue weighted by Gasteiger charge is -2.67. The number of ether oxygens (including phenoxy) is 1. The molecule has 0 bridgehead atoms. The number of fused-ring (bicyclic) bond motifs is 1. The SMILES string of the molecule is C=C1CCCC23Oc4ccc(O)cc4CC2(C)C(C)CCC13C. The predicted octanol–water partition coefficient (Wildman–Crippen LogP) is 5.25. The van der Waals surface area contributed by atoms with Crippen LogP contribution in [0.25, 0.3) is 0 Å². The van der Waals surface area contributed by atoms with Gasteiger partial charge in [0.2, 0.25) is 0 Å². The monoisotopic (exact) mass is 312 g/mol. The summed E-state index contributed by atoms with van der Waals surface area (Å²) in [5, 5.41) is 9.89. The number of hydrogen-bond acceptors (Lipinski definition) is 2. The Balaban J connectivity index is 1.93. The summed E-state index contributed by atoms with van der Waals surface area (Å²) < 4.78 is 6.86. The zero-order chi connectivity index (χ0) is 16.5. The molecule has 3 aliphatic rings. The van der Waals surface area contributed by atoms with E-state index in [-0.39, 0.29) is 16.4 Å². The maximum Gasteiger partial charge on any atom is 0.124 e. The maximum atomic E-state index is 9.89. The maximum absolute atomic E-state index is 9.89. The number of benzene rings is 1. The molecule has 1 heterocycles. The average molecular weight is 312 g/mol. The highest BCUT2D eigenvalue weighted by Crippen LogP contribution is 2.68. The first-order chi connectivity index (χ1) is 10.8. The molecule has 23 heavy (non-hydrogen) atoms. The lowest BCUT2D eigenvalue weighted by atomic mass is 9.42. The zero-order valence-electron chi connectivity index (χ0n) is 14.6. The number of rotatable bonds is 0. The molecule has 0 saturated heterocycles. The van der Waals surface area contributed by atoms with Crippen LogP contribution in [0, 0.1) is 16.7 Å². The Morgan fingerprint density at radius 1 is 1.26 bits per heavy atom. The number of phenols is 1. The van der Waals surface area contributed by atoms with Gasteiger partial charge in [0, 0.05) is 10.8 Å². The van der Waals surface area contributed by atoms with Crippen LogP contribution in [0.5, 0.6) is 11.5 Å². The van der Waals surface area contributed by atoms with Crippen LogP contribution in [-0.4, -0.2) is 10.7 Å². The summed E-state index contributed by atoms with van der Waals surface area (Å²) in [5.41, 5.74) is 2.53. The molecule has 4 atom stereocenters. The fraction of sp³-hybridized carbons (Fsp3) is 0.619. The zero-order valence-corrected chi connectivity index (χ0v) is 14.6. The molecule has 2 heteroatoms. The minimum absolute atomic E-state index is 0.0576. The lowest BCUT2D eigenvalue weighted by molar-refractivity contribution is -0.202. The fourth-order valence-electron chi connectivity index (χ4n) is 5.89. The summed E-state index contributed by atoms with van der Waals surface area (Å²) in [5.74, 6) is 1.92. The van der Waals surface area contributed by atoms with Gasteiger partial charge < -0.3 is 9.84 Å². The molecule has 4 rings (SSSR count). The van der Waals surface area contributed by atoms with Crippen molar-refractivity contribution in [1.82, 2.24) is 0 Å². The molecule has 2 saturated carbocycles. The van der Waals surface area contributed by atoms with E-state index in [4.69, 9.17) is 4.74 Å². The van der Waals surface area contributed by atoms with Crippen molar-refractivity contribution in [3.05, 3.63) is 35.9 Å². The van der Waals surface area contributed by atoms with E-state index in [2.05, 4.69) is 27.4 Å². The van der Waals surface area contributed by atoms with E-state index in [0.717, 1.165) is 30.6 Å². The van der Waals surface area contributed by atoms with Crippen molar-refractivity contribution in [2.24, 2.45) is 16.7 Å². The first-order valence-electron chi connectivity index (χ1n) is 9.02. The van der Waals surface area contributed by atoms with Crippen molar-refractivity contribution in [3.8, 4) is 11.5 Å². The summed E-state index contributed by atoms with van der Waals surface area (Å²) in [6.07, 6.45) is 6.81. The van der Waals surface area contributed by atoms with Gasteiger partial charge in [-0.25, -0.2) is 0 Å². The van der Waals surface area contributed by atoms with Gasteiger partial charge in [-0.15, -0.1) is 0 Å². The van der Waals surface area contributed by atoms with Gasteiger partial charge in [-0.3, -0.25) is 0 Å². The van der Waals surface area contributed by atoms with Crippen LogP contribution in [0.3, 0.4) is 0 Å². The molecular formula is C21H28O2. The van der Waals surface area contributed by atoms with E-state index >= 15 is 0 Å². The molecular weight excluding hydrogens is 284 g/mol. The molecule has 0 amide bonds. The van der Waals surface area contributed by atoms with Crippen LogP contribution in [0.1, 0.15) is 58.4 Å². The van der Waals surface area contributed by atoms with Gasteiger partial charge in [0.1, 0.15) is 17.1 Å². The van der Waals surface area contributed by atoms with E-state index in [0.29, 0.717) is 11.7 Å². The molecule has 0 aromatic heterocycles. The van der Waals surface area contributed by atoms with Crippen LogP contribution in [0.2, 0.25) is 0 Å². The highest BCUT2D eigenvalue weighted by Gasteiger charge is 2.68. The molecule has 2 fully saturated rings. The molecule has 2 nitrogen and oxygen atoms in total. The van der Waals surface area contributed by atoms with E-state index in [1.54, 1.807) is 6.07 Å². The van der Waals surface area contributed by atoms with Crippen LogP contribution in [0.15, 0.2) is 30.4 Å². The second-order valence-electron chi connectivity index (χ2n) is 8.54. The molecule has 4 unspecified atom stereocenters. The van der Waals surface area contributed by atoms with Crippen molar-refractivity contribution >= 4 is 0 Å². The quantitative estimate of drug-likeness (QED) is 0.663. The summed E-state index contributed by atoms with van der Waals surface area (Å²) in [6, 6.07) is 5.60. The first kappa shape index (κ1) is 15.1. The summed E-state index contributed by atoms with van der Waals surface area (Å²) >= 11 is 0. The second kappa shape index (κ2) is 4.55. The summed E-state index contributed by atoms with van der Waals surface area (Å²) in [6.45, 7) is 11.7. The molecule has 1 aliphatic heterocycles. The van der Waals surface area contributed by atoms with E-state index < -0.39 is 0 Å². The molecule has 1 N–H and O–H groups in total. The van der Waals surface area contributed by atoms with Gasteiger partial charge in [-0.2, -0.15) is 0 Å². The Morgan fingerprint density at radius 3 is 2.83 bits per heavy atom. The number of phenolic OH excluding ortho intramolecular Hbond substituents is 1. The highest BCUT2D eigenvalue weighted by molar-refractivity contribution is 5.45. The third kappa shape index (κ3) is 1.70. The van der Waals surface area contributed by atoms with Crippen molar-refractivity contribution < 1.29 is 9.84 Å². The van der Waals surface area contributed by atoms with E-state index in [1.165, 1.54) is 24.8 Å². The summed E-state index contributed by atoms with van der Waals surface area (Å²) in [4.78, 5) is 0. The Labute approximate surface area is 139 Å². The highest BCUT2D eigenvalue weighted by atomic mass is 16.5. The van der Waals surface area contributed by atoms with Crippen molar-refractivity contribution in [1.29, 1.82) is 0 Å². The fourth-order valence-corrected chi connectivity index (χ4v) is 5.89. The van der Waals surface area contributed by atoms with Gasteiger partial charge in [0.05, 0.1) is 0 Å². The molecule has 1 aromatic rings. The smallest absolute Gasteiger partial charge is 0.124 e. The van der Waals surface area contributed by atoms with Crippen LogP contribution < -0.4 is 4.74 Å². The largest absolute Gasteiger partial charge is 0.508 e. The van der Waals surface area contributed by atoms with Gasteiger partial charge in [-0.05, 0) is 68.2 Å². The van der Waals surface area contributed by atoms with Crippen LogP contribution in [-0.2, 0) is 6.42 Å². The van der Waals surface area contributed by atoms with Crippen molar-refractivity contribution in [3.63, 3.8) is 0 Å². The standard InChI is InChI=1S/C21H28O2/c1-14-6-5-10-21-19(14,3)11-9-15(2)20(21,4)13-16-12-17(22)7-8-18(16)23-21/h7-8,12,15,22H,1,5-6,9-11,13H2,2-4H3. The van der Waals surface area contributed by atoms with E-state index in [1.807, 2.05) is 12.1 Å². The Hall–Kier alpha value is -1.44. The average Bonchev–Trinajstić information content (AvgIpc) is 2.50. The summed E-state index contributed by atoms with van der Waals surface area (Å²) in [7, 11) is 0. The Morgan fingerprint density at radius 2 is 2.04 bits per heavy atom. The molecule has 124 valence electrons.